The molecule has 0 unspecified atom stereocenters. The summed E-state index contributed by atoms with van der Waals surface area (Å²) in [6, 6.07) is 10.2. The van der Waals surface area contributed by atoms with E-state index in [0.717, 1.165) is 23.1 Å². The Kier molecular flexibility index (Phi) is 4.95. The fourth-order valence-corrected chi connectivity index (χ4v) is 1.51. The van der Waals surface area contributed by atoms with Gasteiger partial charge in [-0.2, -0.15) is 0 Å². The fraction of sp³-hybridized carbons (Fsp3) is 0.400. The van der Waals surface area contributed by atoms with Gasteiger partial charge >= 0.3 is 0 Å². The average molecular weight is 231 g/mol. The molecule has 17 heavy (non-hydrogen) atoms. The molecule has 0 aliphatic heterocycles. The molecule has 1 rings (SSSR count). The quantitative estimate of drug-likeness (QED) is 0.791. The van der Waals surface area contributed by atoms with Crippen LogP contribution in [0.1, 0.15) is 39.7 Å². The van der Waals surface area contributed by atoms with Gasteiger partial charge in [0.2, 0.25) is 5.91 Å². The lowest BCUT2D eigenvalue weighted by atomic mass is 10.0. The van der Waals surface area contributed by atoms with Crippen LogP contribution in [0.25, 0.3) is 5.57 Å². The lowest BCUT2D eigenvalue weighted by Crippen LogP contribution is -2.32. The van der Waals surface area contributed by atoms with Gasteiger partial charge in [0, 0.05) is 11.6 Å². The maximum atomic E-state index is 12.0. The smallest absolute Gasteiger partial charge is 0.247 e. The van der Waals surface area contributed by atoms with Gasteiger partial charge in [0.1, 0.15) is 0 Å². The van der Waals surface area contributed by atoms with Gasteiger partial charge in [0.05, 0.1) is 0 Å². The Morgan fingerprint density at radius 2 is 1.82 bits per heavy atom. The SMILES string of the molecule is CC[C@H](C)NC(=O)/C(C)=C(\C)c1ccccc1. The Bertz CT molecular complexity index is 406. The van der Waals surface area contributed by atoms with E-state index in [1.54, 1.807) is 0 Å². The second kappa shape index (κ2) is 6.24. The maximum Gasteiger partial charge on any atom is 0.247 e. The van der Waals surface area contributed by atoms with Crippen LogP contribution in [0.5, 0.6) is 0 Å². The van der Waals surface area contributed by atoms with Crippen LogP contribution in [-0.4, -0.2) is 11.9 Å². The molecule has 1 amide bonds. The Morgan fingerprint density at radius 1 is 1.24 bits per heavy atom. The zero-order valence-corrected chi connectivity index (χ0v) is 11.1. The molecule has 0 aliphatic carbocycles. The van der Waals surface area contributed by atoms with Crippen molar-refractivity contribution in [3.05, 3.63) is 41.5 Å². The number of rotatable bonds is 4. The van der Waals surface area contributed by atoms with E-state index in [1.807, 2.05) is 51.1 Å². The summed E-state index contributed by atoms with van der Waals surface area (Å²) in [5, 5.41) is 2.98. The number of hydrogen-bond acceptors (Lipinski definition) is 1. The van der Waals surface area contributed by atoms with Crippen molar-refractivity contribution in [1.29, 1.82) is 0 Å². The summed E-state index contributed by atoms with van der Waals surface area (Å²) < 4.78 is 0. The van der Waals surface area contributed by atoms with Gasteiger partial charge in [0.25, 0.3) is 0 Å². The van der Waals surface area contributed by atoms with Crippen molar-refractivity contribution in [3.63, 3.8) is 0 Å². The van der Waals surface area contributed by atoms with Crippen LogP contribution >= 0.6 is 0 Å². The first-order valence-electron chi connectivity index (χ1n) is 6.10. The molecule has 92 valence electrons. The molecule has 0 heterocycles. The molecule has 0 fully saturated rings. The first-order valence-corrected chi connectivity index (χ1v) is 6.10. The van der Waals surface area contributed by atoms with E-state index in [-0.39, 0.29) is 11.9 Å². The van der Waals surface area contributed by atoms with Crippen molar-refractivity contribution in [2.45, 2.75) is 40.2 Å². The number of nitrogens with one attached hydrogen (secondary N) is 1. The highest BCUT2D eigenvalue weighted by molar-refractivity contribution is 6.00. The van der Waals surface area contributed by atoms with Crippen LogP contribution in [-0.2, 0) is 4.79 Å². The highest BCUT2D eigenvalue weighted by atomic mass is 16.1. The van der Waals surface area contributed by atoms with E-state index in [4.69, 9.17) is 0 Å². The van der Waals surface area contributed by atoms with Crippen LogP contribution in [0.3, 0.4) is 0 Å². The minimum absolute atomic E-state index is 0.0284. The van der Waals surface area contributed by atoms with Crippen LogP contribution in [0.4, 0.5) is 0 Å². The van der Waals surface area contributed by atoms with Crippen molar-refractivity contribution < 1.29 is 4.79 Å². The molecule has 1 N–H and O–H groups in total. The highest BCUT2D eigenvalue weighted by Gasteiger charge is 2.10. The molecule has 0 bridgehead atoms. The van der Waals surface area contributed by atoms with Gasteiger partial charge in [-0.25, -0.2) is 0 Å². The molecule has 0 radical (unpaired) electrons. The van der Waals surface area contributed by atoms with Crippen molar-refractivity contribution in [2.75, 3.05) is 0 Å². The molecule has 0 saturated carbocycles. The number of hydrogen-bond donors (Lipinski definition) is 1. The van der Waals surface area contributed by atoms with E-state index in [2.05, 4.69) is 12.2 Å². The predicted molar refractivity (Wildman–Crippen MR) is 72.6 cm³/mol. The minimum atomic E-state index is 0.0284. The molecule has 1 atom stereocenters. The van der Waals surface area contributed by atoms with Crippen LogP contribution in [0, 0.1) is 0 Å². The van der Waals surface area contributed by atoms with E-state index >= 15 is 0 Å². The molecule has 0 aliphatic rings. The molecule has 0 aromatic heterocycles. The highest BCUT2D eigenvalue weighted by Crippen LogP contribution is 2.17. The van der Waals surface area contributed by atoms with Gasteiger partial charge in [-0.15, -0.1) is 0 Å². The first kappa shape index (κ1) is 13.5. The minimum Gasteiger partial charge on any atom is -0.350 e. The molecular weight excluding hydrogens is 210 g/mol. The summed E-state index contributed by atoms with van der Waals surface area (Å²) in [7, 11) is 0. The summed E-state index contributed by atoms with van der Waals surface area (Å²) >= 11 is 0. The summed E-state index contributed by atoms with van der Waals surface area (Å²) in [4.78, 5) is 12.0. The lowest BCUT2D eigenvalue weighted by Gasteiger charge is -2.13. The summed E-state index contributed by atoms with van der Waals surface area (Å²) in [6.07, 6.45) is 0.948. The predicted octanol–water partition coefficient (Wildman–Crippen LogP) is 3.39. The van der Waals surface area contributed by atoms with Gasteiger partial charge in [-0.05, 0) is 38.3 Å². The van der Waals surface area contributed by atoms with Crippen LogP contribution < -0.4 is 5.32 Å². The van der Waals surface area contributed by atoms with Crippen molar-refractivity contribution in [3.8, 4) is 0 Å². The summed E-state index contributed by atoms with van der Waals surface area (Å²) in [6.45, 7) is 7.94. The number of amides is 1. The Hall–Kier alpha value is -1.57. The molecule has 2 nitrogen and oxygen atoms in total. The van der Waals surface area contributed by atoms with E-state index in [1.165, 1.54) is 0 Å². The largest absolute Gasteiger partial charge is 0.350 e. The fourth-order valence-electron chi connectivity index (χ4n) is 1.51. The Balaban J connectivity index is 2.86. The van der Waals surface area contributed by atoms with Crippen molar-refractivity contribution in [2.24, 2.45) is 0 Å². The molecule has 2 heteroatoms. The van der Waals surface area contributed by atoms with Crippen LogP contribution in [0.2, 0.25) is 0 Å². The molecule has 1 aromatic carbocycles. The third-order valence-corrected chi connectivity index (χ3v) is 3.10. The number of carbonyl (C=O) groups is 1. The normalized spacial score (nSPS) is 13.9. The monoisotopic (exact) mass is 231 g/mol. The molecule has 0 saturated heterocycles. The summed E-state index contributed by atoms with van der Waals surface area (Å²) in [5.41, 5.74) is 2.92. The maximum absolute atomic E-state index is 12.0. The van der Waals surface area contributed by atoms with E-state index in [0.29, 0.717) is 0 Å². The van der Waals surface area contributed by atoms with Crippen molar-refractivity contribution >= 4 is 11.5 Å². The zero-order chi connectivity index (χ0) is 12.8. The van der Waals surface area contributed by atoms with Crippen LogP contribution in [0.15, 0.2) is 35.9 Å². The number of allylic oxidation sites excluding steroid dienone is 1. The molecule has 0 spiro atoms. The van der Waals surface area contributed by atoms with E-state index < -0.39 is 0 Å². The third-order valence-electron chi connectivity index (χ3n) is 3.10. The van der Waals surface area contributed by atoms with Crippen molar-refractivity contribution in [1.82, 2.24) is 5.32 Å². The number of carbonyl (C=O) groups excluding carboxylic acids is 1. The summed E-state index contributed by atoms with van der Waals surface area (Å²) in [5.74, 6) is 0.0284. The second-order valence-corrected chi connectivity index (χ2v) is 4.40. The standard InChI is InChI=1S/C15H21NO/c1-5-11(2)16-15(17)13(4)12(3)14-9-7-6-8-10-14/h6-11H,5H2,1-4H3,(H,16,17)/b13-12+/t11-/m0/s1. The number of benzene rings is 1. The Morgan fingerprint density at radius 3 is 2.35 bits per heavy atom. The lowest BCUT2D eigenvalue weighted by molar-refractivity contribution is -0.118. The first-order chi connectivity index (χ1) is 8.06. The third kappa shape index (κ3) is 3.74. The van der Waals surface area contributed by atoms with E-state index in [9.17, 15) is 4.79 Å². The zero-order valence-electron chi connectivity index (χ0n) is 11.1. The van der Waals surface area contributed by atoms with Gasteiger partial charge in [-0.3, -0.25) is 4.79 Å². The second-order valence-electron chi connectivity index (χ2n) is 4.40. The van der Waals surface area contributed by atoms with Gasteiger partial charge in [-0.1, -0.05) is 37.3 Å². The topological polar surface area (TPSA) is 29.1 Å². The Labute approximate surface area is 104 Å². The molecular formula is C15H21NO. The molecule has 1 aromatic rings. The van der Waals surface area contributed by atoms with Gasteiger partial charge in [0.15, 0.2) is 0 Å². The average Bonchev–Trinajstić information content (AvgIpc) is 2.37. The van der Waals surface area contributed by atoms with Gasteiger partial charge < -0.3 is 5.32 Å².